The number of thiol groups is 1. The molecule has 1 aliphatic rings. The maximum absolute atomic E-state index is 12.3. The molecule has 4 nitrogen and oxygen atoms in total. The fourth-order valence-electron chi connectivity index (χ4n) is 2.70. The van der Waals surface area contributed by atoms with Gasteiger partial charge in [0.2, 0.25) is 11.8 Å². The lowest BCUT2D eigenvalue weighted by atomic mass is 9.99. The standard InChI is InChI=1S/C17H24N2O2S/c1-17(2)10-6-9-13(15(20)19-17)18-16(21)14(22)11-12-7-4-3-5-8-12/h3-5,7-8,13-14,22H,6,9-11H2,1-2H3,(H,18,21)(H,19,20)/t13-,14-/m1/s1. The van der Waals surface area contributed by atoms with Gasteiger partial charge in [-0.05, 0) is 45.1 Å². The van der Waals surface area contributed by atoms with Crippen LogP contribution in [0.25, 0.3) is 0 Å². The van der Waals surface area contributed by atoms with E-state index < -0.39 is 11.3 Å². The average Bonchev–Trinajstić information content (AvgIpc) is 2.58. The molecule has 2 rings (SSSR count). The molecule has 1 aliphatic heterocycles. The number of hydrogen-bond acceptors (Lipinski definition) is 3. The van der Waals surface area contributed by atoms with Gasteiger partial charge in [-0.3, -0.25) is 9.59 Å². The van der Waals surface area contributed by atoms with Crippen LogP contribution < -0.4 is 10.6 Å². The minimum atomic E-state index is -0.459. The van der Waals surface area contributed by atoms with E-state index in [1.54, 1.807) is 0 Å². The van der Waals surface area contributed by atoms with Gasteiger partial charge in [0, 0.05) is 5.54 Å². The van der Waals surface area contributed by atoms with Gasteiger partial charge >= 0.3 is 0 Å². The molecular weight excluding hydrogens is 296 g/mol. The van der Waals surface area contributed by atoms with Gasteiger partial charge in [0.15, 0.2) is 0 Å². The molecule has 1 heterocycles. The Labute approximate surface area is 137 Å². The van der Waals surface area contributed by atoms with Crippen LogP contribution in [0.2, 0.25) is 0 Å². The Kier molecular flexibility index (Phi) is 5.51. The fourth-order valence-corrected chi connectivity index (χ4v) is 2.98. The average molecular weight is 320 g/mol. The van der Waals surface area contributed by atoms with E-state index in [4.69, 9.17) is 0 Å². The van der Waals surface area contributed by atoms with Crippen molar-refractivity contribution in [2.24, 2.45) is 0 Å². The number of rotatable bonds is 4. The summed E-state index contributed by atoms with van der Waals surface area (Å²) in [5.41, 5.74) is 0.852. The summed E-state index contributed by atoms with van der Waals surface area (Å²) in [5.74, 6) is -0.289. The monoisotopic (exact) mass is 320 g/mol. The smallest absolute Gasteiger partial charge is 0.242 e. The van der Waals surface area contributed by atoms with Crippen molar-refractivity contribution in [3.8, 4) is 0 Å². The predicted octanol–water partition coefficient (Wildman–Crippen LogP) is 2.09. The third kappa shape index (κ3) is 4.77. The highest BCUT2D eigenvalue weighted by Gasteiger charge is 2.31. The first-order valence-corrected chi connectivity index (χ1v) is 8.23. The van der Waals surface area contributed by atoms with E-state index in [0.29, 0.717) is 12.8 Å². The molecule has 120 valence electrons. The molecular formula is C17H24N2O2S. The van der Waals surface area contributed by atoms with Gasteiger partial charge < -0.3 is 10.6 Å². The quantitative estimate of drug-likeness (QED) is 0.744. The zero-order chi connectivity index (χ0) is 16.2. The highest BCUT2D eigenvalue weighted by atomic mass is 32.1. The van der Waals surface area contributed by atoms with Crippen molar-refractivity contribution < 1.29 is 9.59 Å². The van der Waals surface area contributed by atoms with Crippen LogP contribution in [0.4, 0.5) is 0 Å². The topological polar surface area (TPSA) is 58.2 Å². The zero-order valence-corrected chi connectivity index (χ0v) is 14.0. The maximum Gasteiger partial charge on any atom is 0.242 e. The second kappa shape index (κ2) is 7.18. The van der Waals surface area contributed by atoms with Crippen LogP contribution in [0.5, 0.6) is 0 Å². The van der Waals surface area contributed by atoms with Crippen LogP contribution in [0, 0.1) is 0 Å². The second-order valence-electron chi connectivity index (χ2n) is 6.53. The molecule has 1 fully saturated rings. The number of carbonyl (C=O) groups is 2. The van der Waals surface area contributed by atoms with Crippen molar-refractivity contribution in [2.75, 3.05) is 0 Å². The second-order valence-corrected chi connectivity index (χ2v) is 7.16. The van der Waals surface area contributed by atoms with Crippen molar-refractivity contribution in [3.63, 3.8) is 0 Å². The van der Waals surface area contributed by atoms with Crippen LogP contribution >= 0.6 is 12.6 Å². The summed E-state index contributed by atoms with van der Waals surface area (Å²) < 4.78 is 0. The molecule has 22 heavy (non-hydrogen) atoms. The van der Waals surface area contributed by atoms with E-state index >= 15 is 0 Å². The number of benzene rings is 1. The van der Waals surface area contributed by atoms with Crippen LogP contribution in [0.3, 0.4) is 0 Å². The van der Waals surface area contributed by atoms with E-state index in [-0.39, 0.29) is 17.4 Å². The van der Waals surface area contributed by atoms with Gasteiger partial charge in [-0.25, -0.2) is 0 Å². The number of carbonyl (C=O) groups excluding carboxylic acids is 2. The van der Waals surface area contributed by atoms with Crippen molar-refractivity contribution in [3.05, 3.63) is 35.9 Å². The third-order valence-electron chi connectivity index (χ3n) is 3.96. The lowest BCUT2D eigenvalue weighted by Gasteiger charge is -2.24. The van der Waals surface area contributed by atoms with E-state index in [1.165, 1.54) is 0 Å². The number of nitrogens with one attached hydrogen (secondary N) is 2. The molecule has 1 aromatic rings. The molecule has 2 N–H and O–H groups in total. The van der Waals surface area contributed by atoms with Crippen LogP contribution in [0.1, 0.15) is 38.7 Å². The molecule has 0 unspecified atom stereocenters. The molecule has 0 aliphatic carbocycles. The van der Waals surface area contributed by atoms with Crippen LogP contribution in [-0.4, -0.2) is 28.6 Å². The highest BCUT2D eigenvalue weighted by molar-refractivity contribution is 7.81. The third-order valence-corrected chi connectivity index (χ3v) is 4.38. The van der Waals surface area contributed by atoms with Crippen LogP contribution in [0.15, 0.2) is 30.3 Å². The largest absolute Gasteiger partial charge is 0.349 e. The molecule has 0 radical (unpaired) electrons. The molecule has 0 saturated carbocycles. The molecule has 2 amide bonds. The Hall–Kier alpha value is -1.49. The molecule has 0 aromatic heterocycles. The zero-order valence-electron chi connectivity index (χ0n) is 13.1. The van der Waals surface area contributed by atoms with Gasteiger partial charge in [-0.1, -0.05) is 30.3 Å². The van der Waals surface area contributed by atoms with E-state index in [9.17, 15) is 9.59 Å². The van der Waals surface area contributed by atoms with E-state index in [2.05, 4.69) is 23.3 Å². The molecule has 5 heteroatoms. The Morgan fingerprint density at radius 1 is 1.41 bits per heavy atom. The first kappa shape index (κ1) is 16.9. The Bertz CT molecular complexity index is 531. The summed E-state index contributed by atoms with van der Waals surface area (Å²) in [7, 11) is 0. The van der Waals surface area contributed by atoms with Gasteiger partial charge in [0.25, 0.3) is 0 Å². The van der Waals surface area contributed by atoms with Gasteiger partial charge in [-0.2, -0.15) is 12.6 Å². The van der Waals surface area contributed by atoms with E-state index in [0.717, 1.165) is 18.4 Å². The minimum Gasteiger partial charge on any atom is -0.349 e. The summed E-state index contributed by atoms with van der Waals surface area (Å²) in [6.07, 6.45) is 3.05. The fraction of sp³-hybridized carbons (Fsp3) is 0.529. The molecule has 0 spiro atoms. The Morgan fingerprint density at radius 2 is 2.09 bits per heavy atom. The number of hydrogen-bond donors (Lipinski definition) is 3. The first-order chi connectivity index (χ1) is 10.4. The number of amides is 2. The van der Waals surface area contributed by atoms with Gasteiger partial charge in [0.1, 0.15) is 6.04 Å². The van der Waals surface area contributed by atoms with Gasteiger partial charge in [0.05, 0.1) is 5.25 Å². The maximum atomic E-state index is 12.3. The Morgan fingerprint density at radius 3 is 2.77 bits per heavy atom. The lowest BCUT2D eigenvalue weighted by molar-refractivity contribution is -0.129. The van der Waals surface area contributed by atoms with Crippen molar-refractivity contribution in [2.45, 2.75) is 56.4 Å². The van der Waals surface area contributed by atoms with E-state index in [1.807, 2.05) is 44.2 Å². The SMILES string of the molecule is CC1(C)CCC[C@@H](NC(=O)[C@H](S)Cc2ccccc2)C(=O)N1. The summed E-state index contributed by atoms with van der Waals surface area (Å²) in [4.78, 5) is 24.5. The van der Waals surface area contributed by atoms with Crippen molar-refractivity contribution in [1.82, 2.24) is 10.6 Å². The summed E-state index contributed by atoms with van der Waals surface area (Å²) >= 11 is 4.38. The van der Waals surface area contributed by atoms with Crippen molar-refractivity contribution in [1.29, 1.82) is 0 Å². The molecule has 1 aromatic carbocycles. The highest BCUT2D eigenvalue weighted by Crippen LogP contribution is 2.19. The lowest BCUT2D eigenvalue weighted by Crippen LogP contribution is -2.52. The Balaban J connectivity index is 1.92. The van der Waals surface area contributed by atoms with Crippen molar-refractivity contribution >= 4 is 24.4 Å². The summed E-state index contributed by atoms with van der Waals surface area (Å²) in [6, 6.07) is 9.30. The normalized spacial score (nSPS) is 22.3. The first-order valence-electron chi connectivity index (χ1n) is 7.72. The summed E-state index contributed by atoms with van der Waals surface area (Å²) in [5, 5.41) is 5.37. The van der Waals surface area contributed by atoms with Gasteiger partial charge in [-0.15, -0.1) is 0 Å². The minimum absolute atomic E-state index is 0.101. The summed E-state index contributed by atoms with van der Waals surface area (Å²) in [6.45, 7) is 4.01. The van der Waals surface area contributed by atoms with Crippen LogP contribution in [-0.2, 0) is 16.0 Å². The molecule has 1 saturated heterocycles. The predicted molar refractivity (Wildman–Crippen MR) is 90.9 cm³/mol. The molecule has 2 atom stereocenters. The molecule has 0 bridgehead atoms.